The number of carbonyl (C=O) groups excluding carboxylic acids is 2. The van der Waals surface area contributed by atoms with Crippen molar-refractivity contribution >= 4 is 22.8 Å². The zero-order chi connectivity index (χ0) is 28.8. The lowest BCUT2D eigenvalue weighted by Crippen LogP contribution is -2.46. The highest BCUT2D eigenvalue weighted by Crippen LogP contribution is 2.33. The Labute approximate surface area is 237 Å². The summed E-state index contributed by atoms with van der Waals surface area (Å²) in [6.45, 7) is 0.966. The second-order valence-electron chi connectivity index (χ2n) is 9.82. The van der Waals surface area contributed by atoms with Gasteiger partial charge in [0.05, 0.1) is 25.8 Å². The number of hydrogen-bond acceptors (Lipinski definition) is 8. The molecule has 11 heteroatoms. The Balaban J connectivity index is 1.53. The molecule has 1 aliphatic rings. The van der Waals surface area contributed by atoms with Gasteiger partial charge < -0.3 is 29.5 Å². The molecule has 1 saturated heterocycles. The van der Waals surface area contributed by atoms with Crippen molar-refractivity contribution < 1.29 is 28.9 Å². The van der Waals surface area contributed by atoms with Gasteiger partial charge in [-0.3, -0.25) is 9.59 Å². The van der Waals surface area contributed by atoms with E-state index in [-0.39, 0.29) is 42.5 Å². The van der Waals surface area contributed by atoms with E-state index in [4.69, 9.17) is 14.2 Å². The molecular weight excluding hydrogens is 526 g/mol. The molecule has 2 N–H and O–H groups in total. The van der Waals surface area contributed by atoms with E-state index >= 15 is 0 Å². The van der Waals surface area contributed by atoms with E-state index in [1.807, 2.05) is 36.4 Å². The number of rotatable bonds is 11. The zero-order valence-corrected chi connectivity index (χ0v) is 23.0. The third-order valence-corrected chi connectivity index (χ3v) is 7.15. The highest BCUT2D eigenvalue weighted by atomic mass is 16.5. The minimum absolute atomic E-state index is 0.0723. The molecule has 2 amide bonds. The largest absolute Gasteiger partial charge is 0.504 e. The molecular formula is C30H33N5O6. The summed E-state index contributed by atoms with van der Waals surface area (Å²) in [5, 5.41) is 21.6. The summed E-state index contributed by atoms with van der Waals surface area (Å²) in [5.74, 6) is 0.0737. The van der Waals surface area contributed by atoms with Gasteiger partial charge in [-0.15, -0.1) is 5.10 Å². The zero-order valence-electron chi connectivity index (χ0n) is 23.0. The summed E-state index contributed by atoms with van der Waals surface area (Å²) in [5.41, 5.74) is 2.65. The summed E-state index contributed by atoms with van der Waals surface area (Å²) in [4.78, 5) is 29.5. The lowest BCUT2D eigenvalue weighted by Gasteiger charge is -2.32. The molecule has 41 heavy (non-hydrogen) atoms. The first-order chi connectivity index (χ1) is 20.0. The van der Waals surface area contributed by atoms with Crippen molar-refractivity contribution in [3.63, 3.8) is 0 Å². The quantitative estimate of drug-likeness (QED) is 0.287. The second-order valence-corrected chi connectivity index (χ2v) is 9.82. The molecule has 5 rings (SSSR count). The van der Waals surface area contributed by atoms with E-state index in [0.717, 1.165) is 18.4 Å². The molecule has 4 aromatic rings. The molecule has 0 spiro atoms. The summed E-state index contributed by atoms with van der Waals surface area (Å²) >= 11 is 0. The van der Waals surface area contributed by atoms with Crippen LogP contribution in [0.3, 0.4) is 0 Å². The number of aromatic hydroxyl groups is 1. The fourth-order valence-corrected chi connectivity index (χ4v) is 4.96. The number of hydrogen-bond donors (Lipinski definition) is 2. The van der Waals surface area contributed by atoms with Gasteiger partial charge >= 0.3 is 0 Å². The fraction of sp³-hybridized carbons (Fsp3) is 0.333. The van der Waals surface area contributed by atoms with Gasteiger partial charge in [0, 0.05) is 19.7 Å². The highest BCUT2D eigenvalue weighted by Gasteiger charge is 2.33. The second kappa shape index (κ2) is 12.7. The van der Waals surface area contributed by atoms with Gasteiger partial charge in [0.2, 0.25) is 11.8 Å². The van der Waals surface area contributed by atoms with Crippen LogP contribution in [-0.4, -0.2) is 70.3 Å². The van der Waals surface area contributed by atoms with Crippen molar-refractivity contribution in [2.75, 3.05) is 27.4 Å². The first-order valence-electron chi connectivity index (χ1n) is 13.4. The van der Waals surface area contributed by atoms with Crippen molar-refractivity contribution in [3.8, 4) is 17.2 Å². The number of benzene rings is 3. The number of phenolic OH excluding ortho intramolecular Hbond substituents is 1. The molecule has 0 radical (unpaired) electrons. The molecule has 3 aromatic carbocycles. The number of ether oxygens (including phenoxy) is 3. The molecule has 0 saturated carbocycles. The molecule has 1 aromatic heterocycles. The van der Waals surface area contributed by atoms with E-state index in [1.54, 1.807) is 31.4 Å². The number of phenols is 1. The molecule has 1 fully saturated rings. The Hall–Kier alpha value is -4.64. The van der Waals surface area contributed by atoms with Crippen LogP contribution >= 0.6 is 0 Å². The van der Waals surface area contributed by atoms with Crippen molar-refractivity contribution in [2.24, 2.45) is 0 Å². The van der Waals surface area contributed by atoms with E-state index in [2.05, 4.69) is 15.6 Å². The van der Waals surface area contributed by atoms with Crippen molar-refractivity contribution in [1.82, 2.24) is 25.2 Å². The van der Waals surface area contributed by atoms with Crippen LogP contribution in [0.1, 0.15) is 30.0 Å². The first kappa shape index (κ1) is 27.9. The Morgan fingerprint density at radius 3 is 2.66 bits per heavy atom. The smallest absolute Gasteiger partial charge is 0.247 e. The van der Waals surface area contributed by atoms with Gasteiger partial charge in [-0.2, -0.15) is 0 Å². The van der Waals surface area contributed by atoms with Crippen LogP contribution in [0.2, 0.25) is 0 Å². The molecule has 2 heterocycles. The Bertz CT molecular complexity index is 1500. The van der Waals surface area contributed by atoms with Gasteiger partial charge in [0.25, 0.3) is 0 Å². The number of amides is 2. The van der Waals surface area contributed by atoms with Gasteiger partial charge in [0.15, 0.2) is 11.5 Å². The van der Waals surface area contributed by atoms with Crippen LogP contribution in [0.5, 0.6) is 17.2 Å². The maximum atomic E-state index is 14.1. The van der Waals surface area contributed by atoms with Crippen LogP contribution in [0.25, 0.3) is 11.0 Å². The summed E-state index contributed by atoms with van der Waals surface area (Å²) in [7, 11) is 3.02. The monoisotopic (exact) mass is 559 g/mol. The van der Waals surface area contributed by atoms with E-state index < -0.39 is 6.04 Å². The SMILES string of the molecule is COc1ccc(CN(C(=O)Cn2nnc3ccccc32)[C@H](C(=O)NC[C@H]2CCCO2)c2ccc(O)c(OC)c2)cc1. The maximum Gasteiger partial charge on any atom is 0.247 e. The Kier molecular flexibility index (Phi) is 8.64. The molecule has 214 valence electrons. The fourth-order valence-electron chi connectivity index (χ4n) is 4.96. The normalized spacial score (nSPS) is 15.4. The standard InChI is InChI=1S/C30H33N5O6/c1-39-22-12-9-20(10-13-22)18-34(28(37)19-35-25-8-4-3-7-24(25)32-33-35)29(21-11-14-26(36)27(16-21)40-2)30(38)31-17-23-6-5-15-41-23/h3-4,7-14,16,23,29,36H,5-6,15,17-19H2,1-2H3,(H,31,38)/t23-,29+/m1/s1. The number of methoxy groups -OCH3 is 2. The summed E-state index contributed by atoms with van der Waals surface area (Å²) < 4.78 is 17.8. The van der Waals surface area contributed by atoms with Gasteiger partial charge in [-0.25, -0.2) is 4.68 Å². The van der Waals surface area contributed by atoms with Crippen molar-refractivity contribution in [2.45, 2.75) is 38.1 Å². The molecule has 0 aliphatic carbocycles. The van der Waals surface area contributed by atoms with Crippen LogP contribution < -0.4 is 14.8 Å². The number of carbonyl (C=O) groups is 2. The predicted octanol–water partition coefficient (Wildman–Crippen LogP) is 3.22. The lowest BCUT2D eigenvalue weighted by molar-refractivity contribution is -0.142. The van der Waals surface area contributed by atoms with Crippen LogP contribution in [0.4, 0.5) is 0 Å². The third kappa shape index (κ3) is 6.41. The maximum absolute atomic E-state index is 14.1. The number of fused-ring (bicyclic) bond motifs is 1. The van der Waals surface area contributed by atoms with Gasteiger partial charge in [-0.05, 0) is 60.4 Å². The average molecular weight is 560 g/mol. The van der Waals surface area contributed by atoms with E-state index in [9.17, 15) is 14.7 Å². The topological polar surface area (TPSA) is 128 Å². The predicted molar refractivity (Wildman–Crippen MR) is 150 cm³/mol. The highest BCUT2D eigenvalue weighted by molar-refractivity contribution is 5.89. The minimum Gasteiger partial charge on any atom is -0.504 e. The average Bonchev–Trinajstić information content (AvgIpc) is 3.67. The molecule has 1 aliphatic heterocycles. The lowest BCUT2D eigenvalue weighted by atomic mass is 10.0. The first-order valence-corrected chi connectivity index (χ1v) is 13.4. The third-order valence-electron chi connectivity index (χ3n) is 7.15. The van der Waals surface area contributed by atoms with Crippen LogP contribution in [0.15, 0.2) is 66.7 Å². The summed E-state index contributed by atoms with van der Waals surface area (Å²) in [6, 6.07) is 18.3. The minimum atomic E-state index is -1.05. The van der Waals surface area contributed by atoms with Gasteiger partial charge in [-0.1, -0.05) is 35.5 Å². The summed E-state index contributed by atoms with van der Waals surface area (Å²) in [6.07, 6.45) is 1.71. The van der Waals surface area contributed by atoms with Crippen LogP contribution in [0, 0.1) is 0 Å². The van der Waals surface area contributed by atoms with Crippen LogP contribution in [-0.2, 0) is 27.4 Å². The molecule has 2 atom stereocenters. The van der Waals surface area contributed by atoms with E-state index in [1.165, 1.54) is 22.8 Å². The molecule has 11 nitrogen and oxygen atoms in total. The van der Waals surface area contributed by atoms with Crippen molar-refractivity contribution in [1.29, 1.82) is 0 Å². The Morgan fingerprint density at radius 2 is 1.93 bits per heavy atom. The van der Waals surface area contributed by atoms with Gasteiger partial charge in [0.1, 0.15) is 23.9 Å². The molecule has 0 unspecified atom stereocenters. The Morgan fingerprint density at radius 1 is 1.12 bits per heavy atom. The number of nitrogens with zero attached hydrogens (tertiary/aromatic N) is 4. The van der Waals surface area contributed by atoms with E-state index in [0.29, 0.717) is 35.5 Å². The number of para-hydroxylation sites is 1. The number of nitrogens with one attached hydrogen (secondary N) is 1. The van der Waals surface area contributed by atoms with Crippen molar-refractivity contribution in [3.05, 3.63) is 77.9 Å². The molecule has 0 bridgehead atoms. The number of aromatic nitrogens is 3.